The third-order valence-electron chi connectivity index (χ3n) is 1.85. The number of carboxylic acid groups (broad SMARTS) is 1. The second-order valence-corrected chi connectivity index (χ2v) is 3.04. The average molecular weight is 186 g/mol. The van der Waals surface area contributed by atoms with Crippen molar-refractivity contribution in [1.29, 1.82) is 0 Å². The highest BCUT2D eigenvalue weighted by Gasteiger charge is 2.14. The zero-order chi connectivity index (χ0) is 10.3. The molecule has 0 spiro atoms. The number of hydrogen-bond donors (Lipinski definition) is 3. The summed E-state index contributed by atoms with van der Waals surface area (Å²) in [6.45, 7) is 5.18. The molecule has 0 aliphatic heterocycles. The standard InChI is InChI=1S/C9H18N2O2/c1-7(5-10-2)8(6-11-3)4-9(12)13/h8,10-11H,1,4-6H2,2-3H3,(H,12,13). The van der Waals surface area contributed by atoms with Gasteiger partial charge in [0.15, 0.2) is 0 Å². The zero-order valence-corrected chi connectivity index (χ0v) is 8.26. The van der Waals surface area contributed by atoms with E-state index in [0.29, 0.717) is 13.1 Å². The Labute approximate surface area is 79.0 Å². The molecular formula is C9H18N2O2. The maximum absolute atomic E-state index is 10.5. The molecule has 13 heavy (non-hydrogen) atoms. The van der Waals surface area contributed by atoms with Gasteiger partial charge >= 0.3 is 5.97 Å². The molecular weight excluding hydrogens is 168 g/mol. The minimum atomic E-state index is -0.780. The van der Waals surface area contributed by atoms with Crippen LogP contribution in [0.3, 0.4) is 0 Å². The van der Waals surface area contributed by atoms with E-state index in [0.717, 1.165) is 5.57 Å². The van der Waals surface area contributed by atoms with Crippen molar-refractivity contribution >= 4 is 5.97 Å². The highest BCUT2D eigenvalue weighted by atomic mass is 16.4. The Morgan fingerprint density at radius 1 is 1.46 bits per heavy atom. The monoisotopic (exact) mass is 186 g/mol. The van der Waals surface area contributed by atoms with Crippen molar-refractivity contribution in [1.82, 2.24) is 10.6 Å². The van der Waals surface area contributed by atoms with Gasteiger partial charge in [0.1, 0.15) is 0 Å². The van der Waals surface area contributed by atoms with Crippen LogP contribution in [0.5, 0.6) is 0 Å². The van der Waals surface area contributed by atoms with Gasteiger partial charge in [-0.05, 0) is 14.1 Å². The van der Waals surface area contributed by atoms with E-state index in [1.54, 1.807) is 0 Å². The van der Waals surface area contributed by atoms with Crippen molar-refractivity contribution in [2.75, 3.05) is 27.2 Å². The van der Waals surface area contributed by atoms with Gasteiger partial charge in [-0.3, -0.25) is 4.79 Å². The molecule has 0 radical (unpaired) electrons. The predicted molar refractivity (Wildman–Crippen MR) is 52.7 cm³/mol. The summed E-state index contributed by atoms with van der Waals surface area (Å²) in [7, 11) is 3.63. The van der Waals surface area contributed by atoms with Crippen molar-refractivity contribution in [3.05, 3.63) is 12.2 Å². The average Bonchev–Trinajstić information content (AvgIpc) is 2.03. The number of hydrogen-bond acceptors (Lipinski definition) is 3. The second-order valence-electron chi connectivity index (χ2n) is 3.04. The molecule has 0 fully saturated rings. The van der Waals surface area contributed by atoms with Crippen LogP contribution in [0.25, 0.3) is 0 Å². The number of nitrogens with one attached hydrogen (secondary N) is 2. The number of carboxylic acids is 1. The molecule has 0 aromatic rings. The summed E-state index contributed by atoms with van der Waals surface area (Å²) < 4.78 is 0. The third-order valence-corrected chi connectivity index (χ3v) is 1.85. The third kappa shape index (κ3) is 5.38. The molecule has 0 aromatic heterocycles. The first-order chi connectivity index (χ1) is 6.11. The summed E-state index contributed by atoms with van der Waals surface area (Å²) in [4.78, 5) is 10.5. The fraction of sp³-hybridized carbons (Fsp3) is 0.667. The first kappa shape index (κ1) is 12.1. The fourth-order valence-electron chi connectivity index (χ4n) is 1.19. The Morgan fingerprint density at radius 3 is 2.46 bits per heavy atom. The minimum Gasteiger partial charge on any atom is -0.481 e. The van der Waals surface area contributed by atoms with Crippen LogP contribution in [-0.2, 0) is 4.79 Å². The van der Waals surface area contributed by atoms with E-state index in [1.165, 1.54) is 0 Å². The quantitative estimate of drug-likeness (QED) is 0.492. The molecule has 0 amide bonds. The zero-order valence-electron chi connectivity index (χ0n) is 8.26. The molecule has 4 heteroatoms. The molecule has 0 aliphatic rings. The molecule has 0 rings (SSSR count). The fourth-order valence-corrected chi connectivity index (χ4v) is 1.19. The van der Waals surface area contributed by atoms with Crippen LogP contribution in [0.15, 0.2) is 12.2 Å². The Morgan fingerprint density at radius 2 is 2.08 bits per heavy atom. The van der Waals surface area contributed by atoms with Crippen LogP contribution in [0.4, 0.5) is 0 Å². The minimum absolute atomic E-state index is 0.00921. The maximum Gasteiger partial charge on any atom is 0.304 e. The number of rotatable bonds is 7. The molecule has 0 saturated heterocycles. The van der Waals surface area contributed by atoms with E-state index in [4.69, 9.17) is 5.11 Å². The summed E-state index contributed by atoms with van der Waals surface area (Å²) in [6.07, 6.45) is 0.140. The van der Waals surface area contributed by atoms with Gasteiger partial charge in [-0.25, -0.2) is 0 Å². The second kappa shape index (κ2) is 6.62. The van der Waals surface area contributed by atoms with Gasteiger partial charge in [0.25, 0.3) is 0 Å². The summed E-state index contributed by atoms with van der Waals surface area (Å²) >= 11 is 0. The molecule has 0 heterocycles. The summed E-state index contributed by atoms with van der Waals surface area (Å²) in [5.41, 5.74) is 0.930. The van der Waals surface area contributed by atoms with Crippen LogP contribution in [0.2, 0.25) is 0 Å². The number of carbonyl (C=O) groups is 1. The van der Waals surface area contributed by atoms with E-state index in [1.807, 2.05) is 14.1 Å². The molecule has 3 N–H and O–H groups in total. The highest BCUT2D eigenvalue weighted by molar-refractivity contribution is 5.67. The molecule has 1 unspecified atom stereocenters. The number of likely N-dealkylation sites (N-methyl/N-ethyl adjacent to an activating group) is 1. The lowest BCUT2D eigenvalue weighted by Crippen LogP contribution is -2.26. The van der Waals surface area contributed by atoms with E-state index >= 15 is 0 Å². The van der Waals surface area contributed by atoms with Crippen LogP contribution in [0.1, 0.15) is 6.42 Å². The van der Waals surface area contributed by atoms with E-state index < -0.39 is 5.97 Å². The van der Waals surface area contributed by atoms with Gasteiger partial charge in [-0.1, -0.05) is 12.2 Å². The smallest absolute Gasteiger partial charge is 0.304 e. The Kier molecular flexibility index (Phi) is 6.18. The van der Waals surface area contributed by atoms with Crippen molar-refractivity contribution in [3.63, 3.8) is 0 Å². The normalized spacial score (nSPS) is 12.5. The molecule has 1 atom stereocenters. The van der Waals surface area contributed by atoms with Crippen molar-refractivity contribution < 1.29 is 9.90 Å². The van der Waals surface area contributed by atoms with Gasteiger partial charge < -0.3 is 15.7 Å². The van der Waals surface area contributed by atoms with Crippen LogP contribution >= 0.6 is 0 Å². The van der Waals surface area contributed by atoms with E-state index in [2.05, 4.69) is 17.2 Å². The lowest BCUT2D eigenvalue weighted by Gasteiger charge is -2.16. The molecule has 0 aromatic carbocycles. The Hall–Kier alpha value is -0.870. The first-order valence-electron chi connectivity index (χ1n) is 4.30. The Balaban J connectivity index is 4.06. The van der Waals surface area contributed by atoms with Crippen molar-refractivity contribution in [2.24, 2.45) is 5.92 Å². The molecule has 76 valence electrons. The van der Waals surface area contributed by atoms with Crippen LogP contribution < -0.4 is 10.6 Å². The highest BCUT2D eigenvalue weighted by Crippen LogP contribution is 2.11. The predicted octanol–water partition coefficient (Wildman–Crippen LogP) is 0.0723. The SMILES string of the molecule is C=C(CNC)C(CNC)CC(=O)O. The molecule has 0 bridgehead atoms. The summed E-state index contributed by atoms with van der Waals surface area (Å²) in [5.74, 6) is -0.771. The van der Waals surface area contributed by atoms with Crippen molar-refractivity contribution in [2.45, 2.75) is 6.42 Å². The van der Waals surface area contributed by atoms with Gasteiger partial charge in [-0.15, -0.1) is 0 Å². The number of aliphatic carboxylic acids is 1. The first-order valence-corrected chi connectivity index (χ1v) is 4.30. The molecule has 4 nitrogen and oxygen atoms in total. The van der Waals surface area contributed by atoms with Crippen LogP contribution in [0, 0.1) is 5.92 Å². The van der Waals surface area contributed by atoms with Gasteiger partial charge in [0, 0.05) is 19.0 Å². The lowest BCUT2D eigenvalue weighted by atomic mass is 9.97. The Bertz CT molecular complexity index is 180. The maximum atomic E-state index is 10.5. The van der Waals surface area contributed by atoms with E-state index in [9.17, 15) is 4.79 Å². The lowest BCUT2D eigenvalue weighted by molar-refractivity contribution is -0.137. The molecule has 0 saturated carbocycles. The summed E-state index contributed by atoms with van der Waals surface area (Å²) in [6, 6.07) is 0. The topological polar surface area (TPSA) is 61.4 Å². The molecule has 0 aliphatic carbocycles. The van der Waals surface area contributed by atoms with Gasteiger partial charge in [0.05, 0.1) is 6.42 Å². The summed E-state index contributed by atoms with van der Waals surface area (Å²) in [5, 5.41) is 14.6. The van der Waals surface area contributed by atoms with Crippen molar-refractivity contribution in [3.8, 4) is 0 Å². The van der Waals surface area contributed by atoms with Crippen LogP contribution in [-0.4, -0.2) is 38.3 Å². The largest absolute Gasteiger partial charge is 0.481 e. The van der Waals surface area contributed by atoms with E-state index in [-0.39, 0.29) is 12.3 Å². The van der Waals surface area contributed by atoms with Gasteiger partial charge in [-0.2, -0.15) is 0 Å². The van der Waals surface area contributed by atoms with Gasteiger partial charge in [0.2, 0.25) is 0 Å².